The normalized spacial score (nSPS) is 51.4. The quantitative estimate of drug-likeness (QED) is 0.652. The molecular weight excluding hydrogens is 383 g/mol. The smallest absolute Gasteiger partial charge is 0.305 e. The molecule has 0 unspecified atom stereocenters. The number of aliphatic hydroxyl groups is 2. The molecule has 4 aliphatic rings. The van der Waals surface area contributed by atoms with Gasteiger partial charge in [0.15, 0.2) is 0 Å². The number of hydrogen-bond acceptors (Lipinski definition) is 4. The monoisotopic (exact) mass is 424 g/mol. The van der Waals surface area contributed by atoms with Gasteiger partial charge in [-0.25, -0.2) is 4.39 Å². The van der Waals surface area contributed by atoms with Gasteiger partial charge in [-0.1, -0.05) is 20.8 Å². The minimum absolute atomic E-state index is 0.113. The molecule has 0 amide bonds. The topological polar surface area (TPSA) is 66.8 Å². The van der Waals surface area contributed by atoms with Crippen LogP contribution < -0.4 is 0 Å². The van der Waals surface area contributed by atoms with Gasteiger partial charge in [-0.15, -0.1) is 0 Å². The number of carbonyl (C=O) groups is 1. The highest BCUT2D eigenvalue weighted by Crippen LogP contribution is 2.68. The van der Waals surface area contributed by atoms with Gasteiger partial charge in [0.1, 0.15) is 6.17 Å². The molecule has 4 aliphatic carbocycles. The van der Waals surface area contributed by atoms with Crippen molar-refractivity contribution < 1.29 is 24.1 Å². The predicted molar refractivity (Wildman–Crippen MR) is 113 cm³/mol. The summed E-state index contributed by atoms with van der Waals surface area (Å²) in [6, 6.07) is 0. The maximum absolute atomic E-state index is 14.6. The Balaban J connectivity index is 1.54. The standard InChI is InChI=1S/C25H41FO4/c1-14(5-8-22(29)30-4)16-6-7-17-23-18(9-10-24(16,17)2)25(3)13-19(26)20(27)11-15(25)12-21(23)28/h14-21,23,27-28H,5-13H2,1-4H3/t14-,15+,16-,17+,18+,19-,20-,21-,23+,24-,25+/m1/s1. The van der Waals surface area contributed by atoms with Crippen LogP contribution >= 0.6 is 0 Å². The van der Waals surface area contributed by atoms with E-state index in [4.69, 9.17) is 4.74 Å². The molecule has 0 aromatic carbocycles. The third-order valence-corrected chi connectivity index (χ3v) is 10.5. The number of fused-ring (bicyclic) bond motifs is 5. The fraction of sp³-hybridized carbons (Fsp3) is 0.960. The Bertz CT molecular complexity index is 655. The Kier molecular flexibility index (Phi) is 6.02. The van der Waals surface area contributed by atoms with Crippen molar-refractivity contribution in [2.24, 2.45) is 46.3 Å². The highest BCUT2D eigenvalue weighted by Gasteiger charge is 2.63. The summed E-state index contributed by atoms with van der Waals surface area (Å²) in [4.78, 5) is 11.6. The second-order valence-electron chi connectivity index (χ2n) is 11.6. The molecule has 2 N–H and O–H groups in total. The molecule has 0 aromatic heterocycles. The summed E-state index contributed by atoms with van der Waals surface area (Å²) < 4.78 is 19.4. The predicted octanol–water partition coefficient (Wildman–Crippen LogP) is 4.51. The number of alkyl halides is 1. The first-order valence-electron chi connectivity index (χ1n) is 12.2. The Hall–Kier alpha value is -0.680. The van der Waals surface area contributed by atoms with Gasteiger partial charge in [-0.2, -0.15) is 0 Å². The lowest BCUT2D eigenvalue weighted by molar-refractivity contribution is -0.186. The summed E-state index contributed by atoms with van der Waals surface area (Å²) in [7, 11) is 1.45. The minimum atomic E-state index is -1.13. The first-order valence-corrected chi connectivity index (χ1v) is 12.2. The van der Waals surface area contributed by atoms with Crippen molar-refractivity contribution in [1.29, 1.82) is 0 Å². The summed E-state index contributed by atoms with van der Waals surface area (Å²) in [6.45, 7) is 6.94. The van der Waals surface area contributed by atoms with E-state index < -0.39 is 12.3 Å². The third-order valence-electron chi connectivity index (χ3n) is 10.5. The molecule has 0 radical (unpaired) electrons. The number of halogens is 1. The zero-order valence-electron chi connectivity index (χ0n) is 19.1. The van der Waals surface area contributed by atoms with Crippen LogP contribution in [0.25, 0.3) is 0 Å². The molecule has 4 rings (SSSR count). The largest absolute Gasteiger partial charge is 0.469 e. The zero-order chi connectivity index (χ0) is 21.8. The van der Waals surface area contributed by atoms with Crippen molar-refractivity contribution in [2.75, 3.05) is 7.11 Å². The average molecular weight is 425 g/mol. The second kappa shape index (κ2) is 8.03. The fourth-order valence-corrected chi connectivity index (χ4v) is 8.82. The number of hydrogen-bond donors (Lipinski definition) is 2. The van der Waals surface area contributed by atoms with Gasteiger partial charge in [0.25, 0.3) is 0 Å². The molecule has 0 spiro atoms. The van der Waals surface area contributed by atoms with Crippen LogP contribution in [0.2, 0.25) is 0 Å². The van der Waals surface area contributed by atoms with E-state index in [-0.39, 0.29) is 34.7 Å². The summed E-state index contributed by atoms with van der Waals surface area (Å²) in [5.41, 5.74) is 0.0721. The summed E-state index contributed by atoms with van der Waals surface area (Å²) >= 11 is 0. The van der Waals surface area contributed by atoms with Crippen LogP contribution in [-0.4, -0.2) is 41.7 Å². The van der Waals surface area contributed by atoms with Crippen LogP contribution in [0.1, 0.15) is 78.6 Å². The molecule has 11 atom stereocenters. The first kappa shape index (κ1) is 22.5. The highest BCUT2D eigenvalue weighted by atomic mass is 19.1. The van der Waals surface area contributed by atoms with E-state index in [0.29, 0.717) is 49.4 Å². The Morgan fingerprint density at radius 1 is 1.10 bits per heavy atom. The Morgan fingerprint density at radius 3 is 2.47 bits per heavy atom. The van der Waals surface area contributed by atoms with Gasteiger partial charge in [0, 0.05) is 6.42 Å². The molecule has 4 saturated carbocycles. The SMILES string of the molecule is COC(=O)CC[C@@H](C)[C@H]1CC[C@H]2[C@@H]3[C@H](O)C[C@@H]4C[C@@H](O)[C@H](F)C[C@]4(C)[C@H]3CC[C@]12C. The van der Waals surface area contributed by atoms with Crippen LogP contribution in [-0.2, 0) is 9.53 Å². The van der Waals surface area contributed by atoms with Crippen molar-refractivity contribution in [3.05, 3.63) is 0 Å². The second-order valence-corrected chi connectivity index (χ2v) is 11.6. The number of esters is 1. The van der Waals surface area contributed by atoms with E-state index in [9.17, 15) is 19.4 Å². The molecule has 5 heteroatoms. The molecule has 0 aromatic rings. The van der Waals surface area contributed by atoms with Gasteiger partial charge in [0.2, 0.25) is 0 Å². The van der Waals surface area contributed by atoms with E-state index in [0.717, 1.165) is 32.1 Å². The maximum Gasteiger partial charge on any atom is 0.305 e. The first-order chi connectivity index (χ1) is 14.1. The summed E-state index contributed by atoms with van der Waals surface area (Å²) in [5, 5.41) is 21.4. The molecule has 4 fully saturated rings. The highest BCUT2D eigenvalue weighted by molar-refractivity contribution is 5.69. The number of methoxy groups -OCH3 is 1. The Labute approximate surface area is 181 Å². The Morgan fingerprint density at radius 2 is 1.77 bits per heavy atom. The van der Waals surface area contributed by atoms with Crippen molar-refractivity contribution in [1.82, 2.24) is 0 Å². The van der Waals surface area contributed by atoms with Gasteiger partial charge >= 0.3 is 5.97 Å². The van der Waals surface area contributed by atoms with E-state index in [1.165, 1.54) is 7.11 Å². The summed E-state index contributed by atoms with van der Waals surface area (Å²) in [5.74, 6) is 2.17. The lowest BCUT2D eigenvalue weighted by Gasteiger charge is -2.62. The van der Waals surface area contributed by atoms with Crippen LogP contribution in [0.5, 0.6) is 0 Å². The zero-order valence-corrected chi connectivity index (χ0v) is 19.1. The van der Waals surface area contributed by atoms with Crippen molar-refractivity contribution >= 4 is 5.97 Å². The van der Waals surface area contributed by atoms with E-state index >= 15 is 0 Å². The lowest BCUT2D eigenvalue weighted by Crippen LogP contribution is -2.60. The fourth-order valence-electron chi connectivity index (χ4n) is 8.82. The van der Waals surface area contributed by atoms with Gasteiger partial charge in [0.05, 0.1) is 19.3 Å². The molecule has 172 valence electrons. The number of carbonyl (C=O) groups excluding carboxylic acids is 1. The number of rotatable bonds is 4. The third kappa shape index (κ3) is 3.43. The van der Waals surface area contributed by atoms with Crippen molar-refractivity contribution in [2.45, 2.75) is 96.9 Å². The molecular formula is C25H41FO4. The molecule has 30 heavy (non-hydrogen) atoms. The molecule has 0 saturated heterocycles. The molecule has 0 aliphatic heterocycles. The van der Waals surface area contributed by atoms with Crippen molar-refractivity contribution in [3.63, 3.8) is 0 Å². The number of ether oxygens (including phenoxy) is 1. The molecule has 0 bridgehead atoms. The van der Waals surface area contributed by atoms with Gasteiger partial charge in [-0.05, 0) is 97.7 Å². The van der Waals surface area contributed by atoms with Crippen molar-refractivity contribution in [3.8, 4) is 0 Å². The number of aliphatic hydroxyl groups excluding tert-OH is 2. The average Bonchev–Trinajstić information content (AvgIpc) is 3.05. The van der Waals surface area contributed by atoms with Gasteiger partial charge in [-0.3, -0.25) is 4.79 Å². The van der Waals surface area contributed by atoms with Gasteiger partial charge < -0.3 is 14.9 Å². The minimum Gasteiger partial charge on any atom is -0.469 e. The van der Waals surface area contributed by atoms with Crippen LogP contribution in [0.3, 0.4) is 0 Å². The molecule has 0 heterocycles. The van der Waals surface area contributed by atoms with E-state index in [1.807, 2.05) is 0 Å². The van der Waals surface area contributed by atoms with E-state index in [2.05, 4.69) is 20.8 Å². The molecule has 4 nitrogen and oxygen atoms in total. The van der Waals surface area contributed by atoms with Crippen LogP contribution in [0.15, 0.2) is 0 Å². The summed E-state index contributed by atoms with van der Waals surface area (Å²) in [6.07, 6.45) is 5.09. The van der Waals surface area contributed by atoms with Crippen LogP contribution in [0.4, 0.5) is 4.39 Å². The van der Waals surface area contributed by atoms with E-state index in [1.54, 1.807) is 0 Å². The van der Waals surface area contributed by atoms with Crippen LogP contribution in [0, 0.1) is 46.3 Å². The lowest BCUT2D eigenvalue weighted by atomic mass is 9.43. The maximum atomic E-state index is 14.6.